The molecule has 140 valence electrons. The van der Waals surface area contributed by atoms with Crippen LogP contribution < -0.4 is 10.1 Å². The molecule has 1 N–H and O–H groups in total. The summed E-state index contributed by atoms with van der Waals surface area (Å²) in [7, 11) is 0. The molecule has 0 saturated carbocycles. The van der Waals surface area contributed by atoms with Crippen LogP contribution in [-0.2, 0) is 17.9 Å². The van der Waals surface area contributed by atoms with Gasteiger partial charge in [0.05, 0.1) is 13.2 Å². The van der Waals surface area contributed by atoms with E-state index in [-0.39, 0.29) is 36.6 Å². The van der Waals surface area contributed by atoms with Crippen molar-refractivity contribution in [3.05, 3.63) is 29.1 Å². The molecule has 0 bridgehead atoms. The van der Waals surface area contributed by atoms with E-state index in [4.69, 9.17) is 14.5 Å². The molecule has 1 saturated heterocycles. The van der Waals surface area contributed by atoms with Crippen molar-refractivity contribution in [1.29, 1.82) is 0 Å². The minimum Gasteiger partial charge on any atom is -0.467 e. The van der Waals surface area contributed by atoms with Crippen molar-refractivity contribution >= 4 is 29.9 Å². The molecular formula is C18H27FIN3O2. The van der Waals surface area contributed by atoms with Gasteiger partial charge in [-0.3, -0.25) is 0 Å². The van der Waals surface area contributed by atoms with Crippen LogP contribution in [0.25, 0.3) is 0 Å². The predicted molar refractivity (Wildman–Crippen MR) is 107 cm³/mol. The maximum Gasteiger partial charge on any atom is 0.194 e. The Morgan fingerprint density at radius 1 is 1.44 bits per heavy atom. The molecule has 0 aliphatic carbocycles. The lowest BCUT2D eigenvalue weighted by molar-refractivity contribution is -0.0172. The lowest BCUT2D eigenvalue weighted by Crippen LogP contribution is -2.46. The largest absolute Gasteiger partial charge is 0.467 e. The molecule has 3 rings (SSSR count). The summed E-state index contributed by atoms with van der Waals surface area (Å²) in [5.41, 5.74) is 1.52. The van der Waals surface area contributed by atoms with Gasteiger partial charge in [-0.25, -0.2) is 9.38 Å². The molecule has 0 radical (unpaired) electrons. The number of piperidine rings is 1. The van der Waals surface area contributed by atoms with Gasteiger partial charge in [0.1, 0.15) is 11.6 Å². The lowest BCUT2D eigenvalue weighted by Gasteiger charge is -2.33. The van der Waals surface area contributed by atoms with E-state index in [1.807, 2.05) is 0 Å². The molecule has 25 heavy (non-hydrogen) atoms. The number of fused-ring (bicyclic) bond motifs is 1. The quantitative estimate of drug-likeness (QED) is 0.424. The lowest BCUT2D eigenvalue weighted by atomic mass is 10.0. The molecule has 0 spiro atoms. The van der Waals surface area contributed by atoms with E-state index in [9.17, 15) is 4.39 Å². The summed E-state index contributed by atoms with van der Waals surface area (Å²) in [6.45, 7) is 8.16. The monoisotopic (exact) mass is 463 g/mol. The summed E-state index contributed by atoms with van der Waals surface area (Å²) in [5, 5.41) is 3.35. The van der Waals surface area contributed by atoms with Gasteiger partial charge >= 0.3 is 0 Å². The Morgan fingerprint density at radius 2 is 2.28 bits per heavy atom. The first-order chi connectivity index (χ1) is 11.7. The maximum absolute atomic E-state index is 13.8. The van der Waals surface area contributed by atoms with Crippen molar-refractivity contribution in [2.24, 2.45) is 10.9 Å². The topological polar surface area (TPSA) is 46.1 Å². The highest BCUT2D eigenvalue weighted by Crippen LogP contribution is 2.30. The number of guanidine groups is 1. The number of rotatable bonds is 3. The number of aliphatic imine (C=N–C) groups is 1. The number of hydrogen-bond acceptors (Lipinski definition) is 3. The smallest absolute Gasteiger partial charge is 0.194 e. The van der Waals surface area contributed by atoms with Crippen molar-refractivity contribution in [2.45, 2.75) is 39.8 Å². The summed E-state index contributed by atoms with van der Waals surface area (Å²) in [6, 6.07) is 2.98. The number of nitrogens with zero attached hydrogens (tertiary/aromatic N) is 2. The normalized spacial score (nSPS) is 20.4. The van der Waals surface area contributed by atoms with Crippen molar-refractivity contribution in [2.75, 3.05) is 26.4 Å². The Kier molecular flexibility index (Phi) is 7.74. The molecule has 2 aliphatic rings. The zero-order valence-electron chi connectivity index (χ0n) is 14.9. The molecule has 1 unspecified atom stereocenters. The zero-order valence-corrected chi connectivity index (χ0v) is 17.2. The fraction of sp³-hybridized carbons (Fsp3) is 0.611. The van der Waals surface area contributed by atoms with Crippen LogP contribution in [0.4, 0.5) is 4.39 Å². The molecule has 0 aromatic heterocycles. The first-order valence-electron chi connectivity index (χ1n) is 8.72. The molecule has 5 nitrogen and oxygen atoms in total. The molecule has 2 heterocycles. The first kappa shape index (κ1) is 20.2. The predicted octanol–water partition coefficient (Wildman–Crippen LogP) is 3.51. The number of nitrogens with one attached hydrogen (secondary N) is 1. The van der Waals surface area contributed by atoms with Crippen LogP contribution in [0.15, 0.2) is 17.1 Å². The number of hydrogen-bond donors (Lipinski definition) is 1. The molecule has 0 amide bonds. The van der Waals surface area contributed by atoms with Crippen LogP contribution in [-0.4, -0.2) is 37.3 Å². The minimum atomic E-state index is -0.273. The van der Waals surface area contributed by atoms with Gasteiger partial charge in [-0.05, 0) is 37.8 Å². The average molecular weight is 463 g/mol. The van der Waals surface area contributed by atoms with E-state index in [0.29, 0.717) is 24.8 Å². The number of ether oxygens (including phenoxy) is 2. The van der Waals surface area contributed by atoms with Gasteiger partial charge < -0.3 is 19.7 Å². The van der Waals surface area contributed by atoms with Gasteiger partial charge in [-0.1, -0.05) is 6.92 Å². The van der Waals surface area contributed by atoms with Gasteiger partial charge in [0.15, 0.2) is 12.8 Å². The molecular weight excluding hydrogens is 436 g/mol. The molecule has 1 atom stereocenters. The second-order valence-electron chi connectivity index (χ2n) is 6.53. The maximum atomic E-state index is 13.8. The zero-order chi connectivity index (χ0) is 16.9. The van der Waals surface area contributed by atoms with E-state index in [0.717, 1.165) is 36.7 Å². The number of benzene rings is 1. The second-order valence-corrected chi connectivity index (χ2v) is 6.53. The van der Waals surface area contributed by atoms with E-state index < -0.39 is 0 Å². The van der Waals surface area contributed by atoms with Crippen molar-refractivity contribution in [3.63, 3.8) is 0 Å². The van der Waals surface area contributed by atoms with E-state index in [2.05, 4.69) is 24.1 Å². The Morgan fingerprint density at radius 3 is 3.04 bits per heavy atom. The van der Waals surface area contributed by atoms with E-state index in [1.54, 1.807) is 0 Å². The first-order valence-corrected chi connectivity index (χ1v) is 8.72. The van der Waals surface area contributed by atoms with Crippen molar-refractivity contribution in [3.8, 4) is 5.75 Å². The van der Waals surface area contributed by atoms with Crippen molar-refractivity contribution < 1.29 is 13.9 Å². The fourth-order valence-corrected chi connectivity index (χ4v) is 3.34. The van der Waals surface area contributed by atoms with Gasteiger partial charge in [0.2, 0.25) is 0 Å². The van der Waals surface area contributed by atoms with Crippen LogP contribution >= 0.6 is 24.0 Å². The Hall–Kier alpha value is -1.09. The molecule has 2 aliphatic heterocycles. The third-order valence-electron chi connectivity index (χ3n) is 4.44. The van der Waals surface area contributed by atoms with Crippen molar-refractivity contribution in [1.82, 2.24) is 10.2 Å². The summed E-state index contributed by atoms with van der Waals surface area (Å²) < 4.78 is 24.7. The summed E-state index contributed by atoms with van der Waals surface area (Å²) in [5.74, 6) is 2.01. The van der Waals surface area contributed by atoms with Gasteiger partial charge in [-0.15, -0.1) is 24.0 Å². The molecule has 1 aromatic carbocycles. The standard InChI is InChI=1S/C18H26FN3O2.HI/c1-3-20-18(22-6-4-5-13(2)10-22)21-9-14-7-16(19)8-15-11-23-12-24-17(14)15;/h7-8,13H,3-6,9-12H2,1-2H3,(H,20,21);1H. The van der Waals surface area contributed by atoms with Gasteiger partial charge in [-0.2, -0.15) is 0 Å². The van der Waals surface area contributed by atoms with Crippen LogP contribution in [0, 0.1) is 11.7 Å². The highest BCUT2D eigenvalue weighted by atomic mass is 127. The molecule has 1 aromatic rings. The molecule has 1 fully saturated rings. The second kappa shape index (κ2) is 9.56. The Labute approximate surface area is 166 Å². The Balaban J connectivity index is 0.00000225. The Bertz CT molecular complexity index is 612. The molecule has 7 heteroatoms. The van der Waals surface area contributed by atoms with Gasteiger partial charge in [0, 0.05) is 30.8 Å². The summed E-state index contributed by atoms with van der Waals surface area (Å²) in [6.07, 6.45) is 2.45. The van der Waals surface area contributed by atoms with E-state index >= 15 is 0 Å². The number of halogens is 2. The minimum absolute atomic E-state index is 0. The summed E-state index contributed by atoms with van der Waals surface area (Å²) >= 11 is 0. The van der Waals surface area contributed by atoms with Gasteiger partial charge in [0.25, 0.3) is 0 Å². The number of likely N-dealkylation sites (tertiary alicyclic amines) is 1. The highest BCUT2D eigenvalue weighted by Gasteiger charge is 2.20. The average Bonchev–Trinajstić information content (AvgIpc) is 2.58. The fourth-order valence-electron chi connectivity index (χ4n) is 3.34. The third-order valence-corrected chi connectivity index (χ3v) is 4.44. The van der Waals surface area contributed by atoms with Crippen LogP contribution in [0.3, 0.4) is 0 Å². The third kappa shape index (κ3) is 5.20. The highest BCUT2D eigenvalue weighted by molar-refractivity contribution is 14.0. The SMILES string of the molecule is CCNC(=NCc1cc(F)cc2c1OCOC2)N1CCCC(C)C1.I. The van der Waals surface area contributed by atoms with Crippen LogP contribution in [0.1, 0.15) is 37.8 Å². The van der Waals surface area contributed by atoms with Crippen LogP contribution in [0.5, 0.6) is 5.75 Å². The summed E-state index contributed by atoms with van der Waals surface area (Å²) in [4.78, 5) is 7.03. The van der Waals surface area contributed by atoms with E-state index in [1.165, 1.54) is 25.0 Å². The van der Waals surface area contributed by atoms with Crippen LogP contribution in [0.2, 0.25) is 0 Å².